The number of hydrogen-bond donors (Lipinski definition) is 0. The minimum Gasteiger partial charge on any atom is -0.256 e. The van der Waals surface area contributed by atoms with Gasteiger partial charge in [-0.05, 0) is 64.2 Å². The molecule has 5 aromatic carbocycles. The zero-order valence-electron chi connectivity index (χ0n) is 19.6. The van der Waals surface area contributed by atoms with Gasteiger partial charge in [-0.2, -0.15) is 0 Å². The van der Waals surface area contributed by atoms with Crippen molar-refractivity contribution in [2.75, 3.05) is 0 Å². The smallest absolute Gasteiger partial charge is 0.0708 e. The van der Waals surface area contributed by atoms with Crippen molar-refractivity contribution in [1.82, 2.24) is 4.98 Å². The van der Waals surface area contributed by atoms with Gasteiger partial charge in [0.05, 0.1) is 5.52 Å². The highest BCUT2D eigenvalue weighted by Gasteiger charge is 2.11. The standard InChI is InChI=1S/C33H19Cl2NS/c34-26-15-24(16-27(35)18-26)22-12-13-23-14-25(19-36-31(23)17-22)20-8-10-21(11-9-20)28-5-3-6-30-29-4-1-2-7-32(29)37-33(28)30/h1-19H. The Morgan fingerprint density at radius 3 is 2.11 bits per heavy atom. The van der Waals surface area contributed by atoms with Crippen LogP contribution in [0.5, 0.6) is 0 Å². The molecule has 0 atom stereocenters. The lowest BCUT2D eigenvalue weighted by Crippen LogP contribution is -1.86. The summed E-state index contributed by atoms with van der Waals surface area (Å²) in [7, 11) is 0. The molecule has 7 aromatic rings. The van der Waals surface area contributed by atoms with Crippen molar-refractivity contribution in [3.63, 3.8) is 0 Å². The van der Waals surface area contributed by atoms with E-state index in [2.05, 4.69) is 91.0 Å². The number of thiophene rings is 1. The first kappa shape index (κ1) is 22.5. The van der Waals surface area contributed by atoms with Crippen LogP contribution < -0.4 is 0 Å². The molecule has 0 bridgehead atoms. The maximum atomic E-state index is 6.20. The van der Waals surface area contributed by atoms with E-state index in [9.17, 15) is 0 Å². The lowest BCUT2D eigenvalue weighted by molar-refractivity contribution is 1.41. The molecule has 0 spiro atoms. The number of fused-ring (bicyclic) bond motifs is 4. The average molecular weight is 532 g/mol. The molecule has 0 aliphatic rings. The van der Waals surface area contributed by atoms with Gasteiger partial charge in [-0.15, -0.1) is 11.3 Å². The van der Waals surface area contributed by atoms with Crippen LogP contribution >= 0.6 is 34.5 Å². The molecule has 0 N–H and O–H groups in total. The number of pyridine rings is 1. The Balaban J connectivity index is 1.23. The van der Waals surface area contributed by atoms with E-state index in [-0.39, 0.29) is 0 Å². The number of benzene rings is 5. The first-order valence-electron chi connectivity index (χ1n) is 12.0. The number of nitrogens with zero attached hydrogens (tertiary/aromatic N) is 1. The average Bonchev–Trinajstić information content (AvgIpc) is 3.31. The Kier molecular flexibility index (Phi) is 5.48. The second-order valence-electron chi connectivity index (χ2n) is 9.15. The normalized spacial score (nSPS) is 11.5. The lowest BCUT2D eigenvalue weighted by Gasteiger charge is -2.09. The van der Waals surface area contributed by atoms with E-state index in [1.54, 1.807) is 6.07 Å². The van der Waals surface area contributed by atoms with Gasteiger partial charge in [0.2, 0.25) is 0 Å². The SMILES string of the molecule is Clc1cc(Cl)cc(-c2ccc3cc(-c4ccc(-c5cccc6c5sc5ccccc56)cc4)cnc3c2)c1. The van der Waals surface area contributed by atoms with E-state index in [1.807, 2.05) is 29.7 Å². The van der Waals surface area contributed by atoms with Gasteiger partial charge in [0.15, 0.2) is 0 Å². The third-order valence-electron chi connectivity index (χ3n) is 6.81. The fourth-order valence-electron chi connectivity index (χ4n) is 5.00. The van der Waals surface area contributed by atoms with Crippen LogP contribution in [-0.2, 0) is 0 Å². The topological polar surface area (TPSA) is 12.9 Å². The summed E-state index contributed by atoms with van der Waals surface area (Å²) < 4.78 is 2.66. The molecule has 0 amide bonds. The van der Waals surface area contributed by atoms with Crippen molar-refractivity contribution < 1.29 is 0 Å². The molecule has 1 nitrogen and oxygen atoms in total. The van der Waals surface area contributed by atoms with E-state index in [0.717, 1.165) is 33.2 Å². The molecule has 2 heterocycles. The second kappa shape index (κ2) is 9.00. The van der Waals surface area contributed by atoms with E-state index < -0.39 is 0 Å². The quantitative estimate of drug-likeness (QED) is 0.221. The number of hydrogen-bond acceptors (Lipinski definition) is 2. The Morgan fingerprint density at radius 2 is 1.27 bits per heavy atom. The summed E-state index contributed by atoms with van der Waals surface area (Å²) >= 11 is 14.3. The zero-order chi connectivity index (χ0) is 24.9. The summed E-state index contributed by atoms with van der Waals surface area (Å²) in [5.74, 6) is 0. The summed E-state index contributed by atoms with van der Waals surface area (Å²) in [6.07, 6.45) is 1.94. The first-order chi connectivity index (χ1) is 18.1. The molecule has 0 radical (unpaired) electrons. The number of halogens is 2. The first-order valence-corrected chi connectivity index (χ1v) is 13.6. The molecular weight excluding hydrogens is 513 g/mol. The maximum Gasteiger partial charge on any atom is 0.0708 e. The van der Waals surface area contributed by atoms with Crippen LogP contribution in [0.1, 0.15) is 0 Å². The van der Waals surface area contributed by atoms with E-state index in [1.165, 1.54) is 31.3 Å². The predicted octanol–water partition coefficient (Wildman–Crippen LogP) is 10.9. The van der Waals surface area contributed by atoms with Gasteiger partial charge in [-0.3, -0.25) is 4.98 Å². The summed E-state index contributed by atoms with van der Waals surface area (Å²) in [5, 5.41) is 4.98. The maximum absolute atomic E-state index is 6.20. The van der Waals surface area contributed by atoms with Crippen LogP contribution in [-0.4, -0.2) is 4.98 Å². The van der Waals surface area contributed by atoms with Crippen LogP contribution in [0.15, 0.2) is 115 Å². The minimum atomic E-state index is 0.623. The highest BCUT2D eigenvalue weighted by atomic mass is 35.5. The summed E-state index contributed by atoms with van der Waals surface area (Å²) in [6, 6.07) is 38.1. The van der Waals surface area contributed by atoms with E-state index in [0.29, 0.717) is 10.0 Å². The zero-order valence-corrected chi connectivity index (χ0v) is 21.9. The third kappa shape index (κ3) is 4.08. The Bertz CT molecular complexity index is 1930. The molecule has 2 aromatic heterocycles. The molecule has 0 aliphatic heterocycles. The van der Waals surface area contributed by atoms with E-state index >= 15 is 0 Å². The van der Waals surface area contributed by atoms with Crippen LogP contribution in [0.25, 0.3) is 64.5 Å². The number of aromatic nitrogens is 1. The molecule has 7 rings (SSSR count). The molecule has 0 aliphatic carbocycles. The molecule has 0 unspecified atom stereocenters. The fraction of sp³-hybridized carbons (Fsp3) is 0. The van der Waals surface area contributed by atoms with Gasteiger partial charge >= 0.3 is 0 Å². The van der Waals surface area contributed by atoms with Crippen molar-refractivity contribution in [1.29, 1.82) is 0 Å². The third-order valence-corrected chi connectivity index (χ3v) is 8.47. The number of rotatable bonds is 3. The fourth-order valence-corrected chi connectivity index (χ4v) is 6.76. The van der Waals surface area contributed by atoms with Crippen molar-refractivity contribution in [3.8, 4) is 33.4 Å². The largest absolute Gasteiger partial charge is 0.256 e. The van der Waals surface area contributed by atoms with Crippen LogP contribution in [0.2, 0.25) is 10.0 Å². The van der Waals surface area contributed by atoms with Crippen molar-refractivity contribution in [2.24, 2.45) is 0 Å². The molecule has 0 saturated heterocycles. The van der Waals surface area contributed by atoms with Gasteiger partial charge in [-0.1, -0.05) is 96.0 Å². The lowest BCUT2D eigenvalue weighted by atomic mass is 9.98. The summed E-state index contributed by atoms with van der Waals surface area (Å²) in [5.41, 5.74) is 7.69. The monoisotopic (exact) mass is 531 g/mol. The Morgan fingerprint density at radius 1 is 0.541 bits per heavy atom. The van der Waals surface area contributed by atoms with Crippen molar-refractivity contribution >= 4 is 65.6 Å². The summed E-state index contributed by atoms with van der Waals surface area (Å²) in [6.45, 7) is 0. The van der Waals surface area contributed by atoms with Gasteiger partial charge in [0, 0.05) is 47.4 Å². The summed E-state index contributed by atoms with van der Waals surface area (Å²) in [4.78, 5) is 4.77. The molecular formula is C33H19Cl2NS. The van der Waals surface area contributed by atoms with Crippen LogP contribution in [0, 0.1) is 0 Å². The van der Waals surface area contributed by atoms with Gasteiger partial charge < -0.3 is 0 Å². The highest BCUT2D eigenvalue weighted by molar-refractivity contribution is 7.26. The minimum absolute atomic E-state index is 0.623. The molecule has 176 valence electrons. The molecule has 0 fully saturated rings. The second-order valence-corrected chi connectivity index (χ2v) is 11.1. The molecule has 37 heavy (non-hydrogen) atoms. The van der Waals surface area contributed by atoms with Crippen molar-refractivity contribution in [2.45, 2.75) is 0 Å². The highest BCUT2D eigenvalue weighted by Crippen LogP contribution is 2.40. The van der Waals surface area contributed by atoms with Crippen LogP contribution in [0.4, 0.5) is 0 Å². The van der Waals surface area contributed by atoms with E-state index in [4.69, 9.17) is 28.2 Å². The Hall–Kier alpha value is -3.69. The Labute approximate surface area is 228 Å². The van der Waals surface area contributed by atoms with Crippen LogP contribution in [0.3, 0.4) is 0 Å². The van der Waals surface area contributed by atoms with Gasteiger partial charge in [0.1, 0.15) is 0 Å². The van der Waals surface area contributed by atoms with Crippen molar-refractivity contribution in [3.05, 3.63) is 125 Å². The molecule has 0 saturated carbocycles. The van der Waals surface area contributed by atoms with Gasteiger partial charge in [0.25, 0.3) is 0 Å². The molecule has 4 heteroatoms. The van der Waals surface area contributed by atoms with Gasteiger partial charge in [-0.25, -0.2) is 0 Å². The predicted molar refractivity (Wildman–Crippen MR) is 161 cm³/mol.